The third-order valence-corrected chi connectivity index (χ3v) is 4.33. The number of methoxy groups -OCH3 is 2. The lowest BCUT2D eigenvalue weighted by Gasteiger charge is -2.18. The Labute approximate surface area is 159 Å². The maximum absolute atomic E-state index is 12.2. The molecule has 0 fully saturated rings. The van der Waals surface area contributed by atoms with E-state index in [-0.39, 0.29) is 17.0 Å². The Bertz CT molecular complexity index is 918. The van der Waals surface area contributed by atoms with Crippen LogP contribution in [0.3, 0.4) is 0 Å². The van der Waals surface area contributed by atoms with Gasteiger partial charge in [-0.15, -0.1) is 0 Å². The van der Waals surface area contributed by atoms with Crippen LogP contribution < -0.4 is 9.47 Å². The molecule has 0 amide bonds. The van der Waals surface area contributed by atoms with Crippen LogP contribution in [0, 0.1) is 0 Å². The molecule has 3 rings (SSSR count). The van der Waals surface area contributed by atoms with E-state index in [1.165, 1.54) is 5.56 Å². The first-order valence-corrected chi connectivity index (χ1v) is 8.67. The highest BCUT2D eigenvalue weighted by atomic mass is 16.6. The first-order chi connectivity index (χ1) is 12.8. The van der Waals surface area contributed by atoms with Crippen LogP contribution in [-0.2, 0) is 14.9 Å². The minimum Gasteiger partial charge on any atom is -0.493 e. The molecule has 0 atom stereocenters. The van der Waals surface area contributed by atoms with Gasteiger partial charge in [-0.2, -0.15) is 0 Å². The summed E-state index contributed by atoms with van der Waals surface area (Å²) in [7, 11) is 3.12. The molecule has 5 nitrogen and oxygen atoms in total. The molecule has 2 aromatic rings. The van der Waals surface area contributed by atoms with Gasteiger partial charge < -0.3 is 14.2 Å². The largest absolute Gasteiger partial charge is 0.493 e. The number of nitrogens with zero attached hydrogens (tertiary/aromatic N) is 1. The normalized spacial score (nSPS) is 15.5. The standard InChI is InChI=1S/C22H23NO4/c1-22(2,3)16-9-6-14(7-10-16)12-17-21(24)27-20(23-17)15-8-11-18(25-4)19(13-15)26-5/h6-13H,1-5H3/b17-12+. The van der Waals surface area contributed by atoms with Crippen LogP contribution in [-0.4, -0.2) is 26.1 Å². The van der Waals surface area contributed by atoms with Crippen LogP contribution in [0.15, 0.2) is 53.2 Å². The fourth-order valence-corrected chi connectivity index (χ4v) is 2.74. The van der Waals surface area contributed by atoms with Gasteiger partial charge in [0.1, 0.15) is 0 Å². The van der Waals surface area contributed by atoms with Crippen LogP contribution in [0.2, 0.25) is 0 Å². The van der Waals surface area contributed by atoms with Crippen molar-refractivity contribution in [2.75, 3.05) is 14.2 Å². The SMILES string of the molecule is COc1ccc(C2=N/C(=C/c3ccc(C(C)(C)C)cc3)C(=O)O2)cc1OC. The van der Waals surface area contributed by atoms with Gasteiger partial charge >= 0.3 is 5.97 Å². The van der Waals surface area contributed by atoms with Crippen LogP contribution in [0.1, 0.15) is 37.5 Å². The number of aliphatic imine (C=N–C) groups is 1. The Morgan fingerprint density at radius 1 is 0.963 bits per heavy atom. The number of cyclic esters (lactones) is 1. The number of hydrogen-bond acceptors (Lipinski definition) is 5. The van der Waals surface area contributed by atoms with Gasteiger partial charge in [-0.05, 0) is 40.8 Å². The number of carbonyl (C=O) groups excluding carboxylic acids is 1. The lowest BCUT2D eigenvalue weighted by atomic mass is 9.87. The van der Waals surface area contributed by atoms with E-state index < -0.39 is 5.97 Å². The molecule has 27 heavy (non-hydrogen) atoms. The first-order valence-electron chi connectivity index (χ1n) is 8.67. The van der Waals surface area contributed by atoms with E-state index in [2.05, 4.69) is 37.9 Å². The molecule has 5 heteroatoms. The zero-order valence-electron chi connectivity index (χ0n) is 16.2. The molecule has 0 aliphatic carbocycles. The second-order valence-corrected chi connectivity index (χ2v) is 7.28. The van der Waals surface area contributed by atoms with Crippen molar-refractivity contribution in [2.45, 2.75) is 26.2 Å². The molecule has 0 N–H and O–H groups in total. The summed E-state index contributed by atoms with van der Waals surface area (Å²) in [6.07, 6.45) is 1.72. The molecule has 1 heterocycles. The van der Waals surface area contributed by atoms with E-state index in [0.29, 0.717) is 17.1 Å². The van der Waals surface area contributed by atoms with Gasteiger partial charge in [0.25, 0.3) is 0 Å². The fraction of sp³-hybridized carbons (Fsp3) is 0.273. The maximum Gasteiger partial charge on any atom is 0.363 e. The van der Waals surface area contributed by atoms with Gasteiger partial charge in [0.05, 0.1) is 14.2 Å². The quantitative estimate of drug-likeness (QED) is 0.597. The highest BCUT2D eigenvalue weighted by Crippen LogP contribution is 2.29. The average Bonchev–Trinajstić information content (AvgIpc) is 3.01. The molecule has 1 aliphatic rings. The molecule has 1 aliphatic heterocycles. The van der Waals surface area contributed by atoms with E-state index in [0.717, 1.165) is 5.56 Å². The monoisotopic (exact) mass is 365 g/mol. The minimum absolute atomic E-state index is 0.0801. The van der Waals surface area contributed by atoms with Gasteiger partial charge in [-0.25, -0.2) is 9.79 Å². The van der Waals surface area contributed by atoms with E-state index in [4.69, 9.17) is 14.2 Å². The van der Waals surface area contributed by atoms with Crippen LogP contribution >= 0.6 is 0 Å². The van der Waals surface area contributed by atoms with E-state index in [1.807, 2.05) is 12.1 Å². The van der Waals surface area contributed by atoms with Crippen molar-refractivity contribution in [3.05, 3.63) is 64.9 Å². The summed E-state index contributed by atoms with van der Waals surface area (Å²) in [5.74, 6) is 0.919. The number of benzene rings is 2. The Morgan fingerprint density at radius 3 is 2.22 bits per heavy atom. The highest BCUT2D eigenvalue weighted by molar-refractivity contribution is 6.13. The third kappa shape index (κ3) is 4.03. The lowest BCUT2D eigenvalue weighted by Crippen LogP contribution is -2.10. The van der Waals surface area contributed by atoms with Gasteiger partial charge in [0.15, 0.2) is 17.2 Å². The van der Waals surface area contributed by atoms with Crippen molar-refractivity contribution < 1.29 is 19.0 Å². The zero-order valence-corrected chi connectivity index (χ0v) is 16.2. The molecule has 0 aromatic heterocycles. The van der Waals surface area contributed by atoms with Crippen molar-refractivity contribution in [3.63, 3.8) is 0 Å². The van der Waals surface area contributed by atoms with Crippen molar-refractivity contribution in [3.8, 4) is 11.5 Å². The van der Waals surface area contributed by atoms with Crippen molar-refractivity contribution >= 4 is 17.9 Å². The molecule has 0 saturated carbocycles. The highest BCUT2D eigenvalue weighted by Gasteiger charge is 2.25. The van der Waals surface area contributed by atoms with Crippen molar-refractivity contribution in [1.29, 1.82) is 0 Å². The molecule has 0 spiro atoms. The average molecular weight is 365 g/mol. The van der Waals surface area contributed by atoms with Crippen molar-refractivity contribution in [2.24, 2.45) is 4.99 Å². The second kappa shape index (κ2) is 7.27. The molecule has 140 valence electrons. The summed E-state index contributed by atoms with van der Waals surface area (Å²) in [4.78, 5) is 16.6. The first kappa shape index (κ1) is 18.7. The topological polar surface area (TPSA) is 57.1 Å². The second-order valence-electron chi connectivity index (χ2n) is 7.28. The van der Waals surface area contributed by atoms with Crippen molar-refractivity contribution in [1.82, 2.24) is 0 Å². The number of carbonyl (C=O) groups is 1. The smallest absolute Gasteiger partial charge is 0.363 e. The molecule has 0 radical (unpaired) electrons. The van der Waals surface area contributed by atoms with Gasteiger partial charge in [-0.3, -0.25) is 0 Å². The molecular weight excluding hydrogens is 342 g/mol. The fourth-order valence-electron chi connectivity index (χ4n) is 2.74. The summed E-state index contributed by atoms with van der Waals surface area (Å²) in [6, 6.07) is 13.3. The predicted molar refractivity (Wildman–Crippen MR) is 105 cm³/mol. The third-order valence-electron chi connectivity index (χ3n) is 4.33. The number of rotatable bonds is 4. The maximum atomic E-state index is 12.2. The van der Waals surface area contributed by atoms with Crippen LogP contribution in [0.4, 0.5) is 0 Å². The Hall–Kier alpha value is -3.08. The lowest BCUT2D eigenvalue weighted by molar-refractivity contribution is -0.129. The predicted octanol–water partition coefficient (Wildman–Crippen LogP) is 4.35. The van der Waals surface area contributed by atoms with Gasteiger partial charge in [-0.1, -0.05) is 45.0 Å². The molecular formula is C22H23NO4. The van der Waals surface area contributed by atoms with E-state index >= 15 is 0 Å². The summed E-state index contributed by atoms with van der Waals surface area (Å²) >= 11 is 0. The summed E-state index contributed by atoms with van der Waals surface area (Å²) in [6.45, 7) is 6.48. The Kier molecular flexibility index (Phi) is 5.04. The summed E-state index contributed by atoms with van der Waals surface area (Å²) in [5, 5.41) is 0. The summed E-state index contributed by atoms with van der Waals surface area (Å²) in [5.41, 5.74) is 3.12. The van der Waals surface area contributed by atoms with Crippen LogP contribution in [0.25, 0.3) is 6.08 Å². The molecule has 0 saturated heterocycles. The Morgan fingerprint density at radius 2 is 1.63 bits per heavy atom. The van der Waals surface area contributed by atoms with E-state index in [9.17, 15) is 4.79 Å². The Balaban J connectivity index is 1.89. The summed E-state index contributed by atoms with van der Waals surface area (Å²) < 4.78 is 15.8. The van der Waals surface area contributed by atoms with Crippen LogP contribution in [0.5, 0.6) is 11.5 Å². The molecule has 0 bridgehead atoms. The zero-order chi connectivity index (χ0) is 19.6. The van der Waals surface area contributed by atoms with Gasteiger partial charge in [0.2, 0.25) is 5.90 Å². The molecule has 0 unspecified atom stereocenters. The molecule has 2 aromatic carbocycles. The van der Waals surface area contributed by atoms with E-state index in [1.54, 1.807) is 38.5 Å². The minimum atomic E-state index is -0.473. The van der Waals surface area contributed by atoms with Gasteiger partial charge in [0, 0.05) is 5.56 Å². The number of esters is 1. The number of ether oxygens (including phenoxy) is 3. The number of hydrogen-bond donors (Lipinski definition) is 0.